The Morgan fingerprint density at radius 3 is 2.85 bits per heavy atom. The first-order chi connectivity index (χ1) is 9.41. The third-order valence-electron chi connectivity index (χ3n) is 3.17. The highest BCUT2D eigenvalue weighted by molar-refractivity contribution is 5.77. The van der Waals surface area contributed by atoms with E-state index in [1.54, 1.807) is 6.07 Å². The Labute approximate surface area is 114 Å². The van der Waals surface area contributed by atoms with E-state index in [0.717, 1.165) is 12.1 Å². The van der Waals surface area contributed by atoms with E-state index < -0.39 is 17.8 Å². The number of hydrogen-bond donors (Lipinski definition) is 1. The second-order valence-corrected chi connectivity index (χ2v) is 4.56. The summed E-state index contributed by atoms with van der Waals surface area (Å²) < 4.78 is 42.9. The molecule has 20 heavy (non-hydrogen) atoms. The van der Waals surface area contributed by atoms with Crippen molar-refractivity contribution in [2.24, 2.45) is 0 Å². The molecule has 0 bridgehead atoms. The van der Waals surface area contributed by atoms with Gasteiger partial charge in [0.25, 0.3) is 0 Å². The third-order valence-corrected chi connectivity index (χ3v) is 3.17. The van der Waals surface area contributed by atoms with Gasteiger partial charge in [-0.3, -0.25) is 0 Å². The Bertz CT molecular complexity index is 491. The average Bonchev–Trinajstić information content (AvgIpc) is 2.77. The van der Waals surface area contributed by atoms with Crippen molar-refractivity contribution < 1.29 is 22.7 Å². The fourth-order valence-electron chi connectivity index (χ4n) is 2.10. The lowest BCUT2D eigenvalue weighted by Gasteiger charge is -2.15. The zero-order valence-corrected chi connectivity index (χ0v) is 10.9. The molecule has 0 saturated carbocycles. The summed E-state index contributed by atoms with van der Waals surface area (Å²) in [4.78, 5) is 13.2. The molecule has 1 unspecified atom stereocenters. The summed E-state index contributed by atoms with van der Waals surface area (Å²) in [6.07, 6.45) is -4.38. The first-order valence-electron chi connectivity index (χ1n) is 6.13. The maximum atomic E-state index is 12.7. The van der Waals surface area contributed by atoms with Crippen LogP contribution in [0.15, 0.2) is 24.3 Å². The molecule has 0 radical (unpaired) electrons. The number of carbonyl (C=O) groups excluding carboxylic acids is 1. The molecule has 1 heterocycles. The number of benzene rings is 1. The molecule has 1 aliphatic rings. The van der Waals surface area contributed by atoms with Gasteiger partial charge in [0.05, 0.1) is 18.2 Å². The summed E-state index contributed by atoms with van der Waals surface area (Å²) >= 11 is 0. The van der Waals surface area contributed by atoms with E-state index >= 15 is 0 Å². The number of methoxy groups -OCH3 is 1. The van der Waals surface area contributed by atoms with Crippen molar-refractivity contribution in [3.63, 3.8) is 0 Å². The molecule has 1 aromatic carbocycles. The van der Waals surface area contributed by atoms with Crippen molar-refractivity contribution in [1.82, 2.24) is 10.2 Å². The minimum absolute atomic E-state index is 0.288. The van der Waals surface area contributed by atoms with Crippen LogP contribution < -0.4 is 5.32 Å². The fourth-order valence-corrected chi connectivity index (χ4v) is 2.10. The molecule has 4 nitrogen and oxygen atoms in total. The number of urea groups is 1. The van der Waals surface area contributed by atoms with Crippen LogP contribution in [0.4, 0.5) is 18.0 Å². The molecule has 7 heteroatoms. The Kier molecular flexibility index (Phi) is 4.17. The lowest BCUT2D eigenvalue weighted by molar-refractivity contribution is -0.137. The van der Waals surface area contributed by atoms with E-state index in [9.17, 15) is 18.0 Å². The summed E-state index contributed by atoms with van der Waals surface area (Å²) in [5.74, 6) is 0. The number of carbonyl (C=O) groups is 1. The highest BCUT2D eigenvalue weighted by Crippen LogP contribution is 2.31. The standard InChI is InChI=1S/C13H15F3N2O2/c1-20-6-5-18-8-11(17-12(18)19)9-3-2-4-10(7-9)13(14,15)16/h2-4,7,11H,5-6,8H2,1H3,(H,17,19). The summed E-state index contributed by atoms with van der Waals surface area (Å²) in [6.45, 7) is 1.14. The van der Waals surface area contributed by atoms with E-state index in [4.69, 9.17) is 4.74 Å². The van der Waals surface area contributed by atoms with Gasteiger partial charge in [-0.1, -0.05) is 12.1 Å². The smallest absolute Gasteiger partial charge is 0.383 e. The molecule has 1 atom stereocenters. The predicted molar refractivity (Wildman–Crippen MR) is 66.2 cm³/mol. The molecule has 1 aromatic rings. The number of hydrogen-bond acceptors (Lipinski definition) is 2. The molecule has 0 spiro atoms. The Morgan fingerprint density at radius 1 is 1.45 bits per heavy atom. The van der Waals surface area contributed by atoms with Crippen LogP contribution >= 0.6 is 0 Å². The fraction of sp³-hybridized carbons (Fsp3) is 0.462. The molecule has 1 fully saturated rings. The highest BCUT2D eigenvalue weighted by Gasteiger charge is 2.33. The molecular formula is C13H15F3N2O2. The number of nitrogens with one attached hydrogen (secondary N) is 1. The highest BCUT2D eigenvalue weighted by atomic mass is 19.4. The van der Waals surface area contributed by atoms with Crippen molar-refractivity contribution in [1.29, 1.82) is 0 Å². The van der Waals surface area contributed by atoms with Crippen LogP contribution in [0.5, 0.6) is 0 Å². The van der Waals surface area contributed by atoms with Gasteiger partial charge in [0, 0.05) is 20.2 Å². The number of alkyl halides is 3. The minimum atomic E-state index is -4.38. The summed E-state index contributed by atoms with van der Waals surface area (Å²) in [7, 11) is 1.53. The number of halogens is 3. The topological polar surface area (TPSA) is 41.6 Å². The predicted octanol–water partition coefficient (Wildman–Crippen LogP) is 2.42. The van der Waals surface area contributed by atoms with Gasteiger partial charge in [-0.15, -0.1) is 0 Å². The Hall–Kier alpha value is -1.76. The maximum absolute atomic E-state index is 12.7. The molecule has 0 aliphatic carbocycles. The molecule has 1 saturated heterocycles. The number of ether oxygens (including phenoxy) is 1. The van der Waals surface area contributed by atoms with E-state index in [2.05, 4.69) is 5.32 Å². The van der Waals surface area contributed by atoms with Crippen LogP contribution in [0.1, 0.15) is 17.2 Å². The lowest BCUT2D eigenvalue weighted by Crippen LogP contribution is -2.30. The summed E-state index contributed by atoms with van der Waals surface area (Å²) in [5.41, 5.74) is -0.257. The van der Waals surface area contributed by atoms with E-state index in [-0.39, 0.29) is 6.03 Å². The molecule has 110 valence electrons. The van der Waals surface area contributed by atoms with Crippen molar-refractivity contribution in [3.05, 3.63) is 35.4 Å². The maximum Gasteiger partial charge on any atom is 0.416 e. The molecule has 1 aliphatic heterocycles. The van der Waals surface area contributed by atoms with Crippen LogP contribution in [-0.4, -0.2) is 37.7 Å². The quantitative estimate of drug-likeness (QED) is 0.924. The Morgan fingerprint density at radius 2 is 2.20 bits per heavy atom. The normalized spacial score (nSPS) is 19.3. The van der Waals surface area contributed by atoms with Gasteiger partial charge in [0.1, 0.15) is 0 Å². The van der Waals surface area contributed by atoms with E-state index in [1.807, 2.05) is 0 Å². The van der Waals surface area contributed by atoms with Gasteiger partial charge < -0.3 is 15.0 Å². The second-order valence-electron chi connectivity index (χ2n) is 4.56. The van der Waals surface area contributed by atoms with E-state index in [1.165, 1.54) is 18.1 Å². The summed E-state index contributed by atoms with van der Waals surface area (Å²) in [5, 5.41) is 2.67. The van der Waals surface area contributed by atoms with Crippen LogP contribution in [0.25, 0.3) is 0 Å². The van der Waals surface area contributed by atoms with Gasteiger partial charge >= 0.3 is 12.2 Å². The average molecular weight is 288 g/mol. The van der Waals surface area contributed by atoms with Gasteiger partial charge in [-0.2, -0.15) is 13.2 Å². The first-order valence-corrected chi connectivity index (χ1v) is 6.13. The minimum Gasteiger partial charge on any atom is -0.383 e. The summed E-state index contributed by atoms with van der Waals surface area (Å²) in [6, 6.07) is 4.31. The van der Waals surface area contributed by atoms with Gasteiger partial charge in [-0.25, -0.2) is 4.79 Å². The largest absolute Gasteiger partial charge is 0.416 e. The lowest BCUT2D eigenvalue weighted by atomic mass is 10.0. The van der Waals surface area contributed by atoms with Crippen LogP contribution in [0.3, 0.4) is 0 Å². The van der Waals surface area contributed by atoms with Crippen molar-refractivity contribution in [2.75, 3.05) is 26.8 Å². The van der Waals surface area contributed by atoms with Crippen molar-refractivity contribution in [3.8, 4) is 0 Å². The van der Waals surface area contributed by atoms with Crippen LogP contribution in [0, 0.1) is 0 Å². The molecular weight excluding hydrogens is 273 g/mol. The number of amides is 2. The zero-order chi connectivity index (χ0) is 14.8. The molecule has 1 N–H and O–H groups in total. The van der Waals surface area contributed by atoms with Gasteiger partial charge in [0.15, 0.2) is 0 Å². The SMILES string of the molecule is COCCN1CC(c2cccc(C(F)(F)F)c2)NC1=O. The van der Waals surface area contributed by atoms with Gasteiger partial charge in [0.2, 0.25) is 0 Å². The zero-order valence-electron chi connectivity index (χ0n) is 10.9. The first kappa shape index (κ1) is 14.6. The molecule has 2 rings (SSSR count). The van der Waals surface area contributed by atoms with Crippen molar-refractivity contribution >= 4 is 6.03 Å². The molecule has 0 aromatic heterocycles. The molecule has 2 amide bonds. The number of rotatable bonds is 4. The van der Waals surface area contributed by atoms with Crippen LogP contribution in [0.2, 0.25) is 0 Å². The van der Waals surface area contributed by atoms with Crippen molar-refractivity contribution in [2.45, 2.75) is 12.2 Å². The second kappa shape index (κ2) is 5.70. The van der Waals surface area contributed by atoms with E-state index in [0.29, 0.717) is 25.3 Å². The third kappa shape index (κ3) is 3.22. The van der Waals surface area contributed by atoms with Crippen LogP contribution in [-0.2, 0) is 10.9 Å². The monoisotopic (exact) mass is 288 g/mol. The number of nitrogens with zero attached hydrogens (tertiary/aromatic N) is 1. The Balaban J connectivity index is 2.11. The van der Waals surface area contributed by atoms with Gasteiger partial charge in [-0.05, 0) is 17.7 Å².